The number of amides is 1. The predicted octanol–water partition coefficient (Wildman–Crippen LogP) is 2.39. The fraction of sp³-hybridized carbons (Fsp3) is 0.400. The summed E-state index contributed by atoms with van der Waals surface area (Å²) in [5.74, 6) is -0.0632. The molecule has 1 aliphatic heterocycles. The lowest BCUT2D eigenvalue weighted by molar-refractivity contribution is -0.227. The highest BCUT2D eigenvalue weighted by molar-refractivity contribution is 5.88. The second-order valence-electron chi connectivity index (χ2n) is 8.09. The van der Waals surface area contributed by atoms with Crippen molar-refractivity contribution >= 4 is 12.1 Å². The first-order valence-electron chi connectivity index (χ1n) is 9.34. The Morgan fingerprint density at radius 3 is 2.79 bits per heavy atom. The number of pyridine rings is 1. The molecule has 146 valence electrons. The summed E-state index contributed by atoms with van der Waals surface area (Å²) >= 11 is 0. The fourth-order valence-electron chi connectivity index (χ4n) is 4.79. The molecule has 8 nitrogen and oxygen atoms in total. The van der Waals surface area contributed by atoms with E-state index >= 15 is 0 Å². The number of aromatic nitrogens is 3. The van der Waals surface area contributed by atoms with Gasteiger partial charge in [0.25, 0.3) is 0 Å². The van der Waals surface area contributed by atoms with Crippen molar-refractivity contribution in [3.05, 3.63) is 47.9 Å². The minimum atomic E-state index is -0.422. The summed E-state index contributed by atoms with van der Waals surface area (Å²) in [6, 6.07) is 3.01. The molecule has 2 bridgehead atoms. The number of ether oxygens (including phenoxy) is 1. The molecule has 3 fully saturated rings. The number of carbonyl (C=O) groups is 1. The molecule has 6 rings (SSSR count). The quantitative estimate of drug-likeness (QED) is 0.774. The number of nitriles is 1. The van der Waals surface area contributed by atoms with Crippen molar-refractivity contribution in [2.45, 2.75) is 31.7 Å². The van der Waals surface area contributed by atoms with Crippen molar-refractivity contribution < 1.29 is 13.9 Å². The molecule has 3 heterocycles. The van der Waals surface area contributed by atoms with E-state index in [2.05, 4.69) is 20.1 Å². The molecule has 0 spiro atoms. The van der Waals surface area contributed by atoms with Gasteiger partial charge in [-0.05, 0) is 30.9 Å². The minimum absolute atomic E-state index is 0.0134. The Hall–Kier alpha value is -3.41. The third-order valence-electron chi connectivity index (χ3n) is 6.01. The van der Waals surface area contributed by atoms with Gasteiger partial charge in [0.1, 0.15) is 11.9 Å². The highest BCUT2D eigenvalue weighted by atomic mass is 19.1. The SMILES string of the molecule is N#Cc1cnc(OCC23CC(C(=O)N4N=CCC4c4cncc(F)c4)(C2)C3)cn1. The van der Waals surface area contributed by atoms with Crippen LogP contribution in [0.3, 0.4) is 0 Å². The van der Waals surface area contributed by atoms with Crippen LogP contribution in [0.1, 0.15) is 43.0 Å². The maximum absolute atomic E-state index is 13.5. The summed E-state index contributed by atoms with van der Waals surface area (Å²) < 4.78 is 19.3. The molecule has 0 N–H and O–H groups in total. The summed E-state index contributed by atoms with van der Waals surface area (Å²) in [5.41, 5.74) is 0.465. The maximum Gasteiger partial charge on any atom is 0.249 e. The van der Waals surface area contributed by atoms with Crippen LogP contribution in [-0.2, 0) is 4.79 Å². The van der Waals surface area contributed by atoms with Crippen molar-refractivity contribution in [3.63, 3.8) is 0 Å². The van der Waals surface area contributed by atoms with Gasteiger partial charge in [0.15, 0.2) is 5.69 Å². The number of hydrogen-bond donors (Lipinski definition) is 0. The Labute approximate surface area is 166 Å². The molecule has 0 aromatic carbocycles. The molecule has 1 unspecified atom stereocenters. The van der Waals surface area contributed by atoms with Gasteiger partial charge in [0.05, 0.1) is 36.7 Å². The Balaban J connectivity index is 1.21. The molecule has 9 heteroatoms. The molecule has 2 aromatic rings. The van der Waals surface area contributed by atoms with Crippen LogP contribution in [0.2, 0.25) is 0 Å². The second-order valence-corrected chi connectivity index (χ2v) is 8.09. The normalized spacial score (nSPS) is 29.0. The van der Waals surface area contributed by atoms with Crippen LogP contribution in [-0.4, -0.2) is 38.7 Å². The molecule has 29 heavy (non-hydrogen) atoms. The Kier molecular flexibility index (Phi) is 3.84. The number of rotatable bonds is 5. The number of hydrazone groups is 1. The summed E-state index contributed by atoms with van der Waals surface area (Å²) in [4.78, 5) is 25.0. The molecule has 3 saturated carbocycles. The largest absolute Gasteiger partial charge is 0.476 e. The summed E-state index contributed by atoms with van der Waals surface area (Å²) in [6.45, 7) is 0.461. The minimum Gasteiger partial charge on any atom is -0.476 e. The molecular formula is C20H17FN6O2. The Bertz CT molecular complexity index is 1030. The van der Waals surface area contributed by atoms with E-state index in [9.17, 15) is 9.18 Å². The van der Waals surface area contributed by atoms with Crippen LogP contribution < -0.4 is 4.74 Å². The smallest absolute Gasteiger partial charge is 0.249 e. The topological polar surface area (TPSA) is 104 Å². The molecule has 0 saturated heterocycles. The van der Waals surface area contributed by atoms with Crippen LogP contribution in [0.5, 0.6) is 5.88 Å². The van der Waals surface area contributed by atoms with Crippen molar-refractivity contribution in [3.8, 4) is 11.9 Å². The molecule has 3 aliphatic carbocycles. The van der Waals surface area contributed by atoms with E-state index in [1.165, 1.54) is 23.5 Å². The summed E-state index contributed by atoms with van der Waals surface area (Å²) in [7, 11) is 0. The number of halogens is 1. The zero-order chi connectivity index (χ0) is 20.1. The maximum atomic E-state index is 13.5. The lowest BCUT2D eigenvalue weighted by Gasteiger charge is -2.69. The van der Waals surface area contributed by atoms with Crippen molar-refractivity contribution in [1.29, 1.82) is 5.26 Å². The van der Waals surface area contributed by atoms with Crippen LogP contribution in [0.4, 0.5) is 4.39 Å². The second kappa shape index (κ2) is 6.30. The van der Waals surface area contributed by atoms with Crippen molar-refractivity contribution in [2.75, 3.05) is 6.61 Å². The monoisotopic (exact) mass is 392 g/mol. The lowest BCUT2D eigenvalue weighted by atomic mass is 9.35. The molecule has 4 aliphatic rings. The van der Waals surface area contributed by atoms with Gasteiger partial charge in [-0.1, -0.05) is 0 Å². The van der Waals surface area contributed by atoms with Crippen molar-refractivity contribution in [1.82, 2.24) is 20.0 Å². The number of carbonyl (C=O) groups excluding carboxylic acids is 1. The number of hydrogen-bond acceptors (Lipinski definition) is 7. The molecule has 2 aromatic heterocycles. The van der Waals surface area contributed by atoms with Crippen LogP contribution in [0, 0.1) is 28.0 Å². The van der Waals surface area contributed by atoms with Gasteiger partial charge in [-0.3, -0.25) is 9.78 Å². The third kappa shape index (κ3) is 2.83. The molecule has 0 radical (unpaired) electrons. The average Bonchev–Trinajstić information content (AvgIpc) is 3.16. The lowest BCUT2D eigenvalue weighted by Crippen LogP contribution is -2.69. The van der Waals surface area contributed by atoms with Gasteiger partial charge < -0.3 is 4.74 Å². The van der Waals surface area contributed by atoms with E-state index in [0.717, 1.165) is 25.5 Å². The average molecular weight is 392 g/mol. The fourth-order valence-corrected chi connectivity index (χ4v) is 4.79. The molecule has 1 atom stereocenters. The van der Waals surface area contributed by atoms with Crippen LogP contribution in [0.25, 0.3) is 0 Å². The standard InChI is InChI=1S/C20H17FN6O2/c21-14-3-13(5-23-6-14)16-1-2-26-27(16)18(28)20-9-19(10-20,11-20)12-29-17-8-24-15(4-22)7-25-17/h2-3,5-8,16H,1,9-12H2. The third-order valence-corrected chi connectivity index (χ3v) is 6.01. The van der Waals surface area contributed by atoms with E-state index in [1.54, 1.807) is 12.4 Å². The predicted molar refractivity (Wildman–Crippen MR) is 97.9 cm³/mol. The first kappa shape index (κ1) is 17.7. The van der Waals surface area contributed by atoms with Gasteiger partial charge in [0, 0.05) is 24.2 Å². The molecular weight excluding hydrogens is 375 g/mol. The zero-order valence-corrected chi connectivity index (χ0v) is 15.5. The van der Waals surface area contributed by atoms with E-state index < -0.39 is 11.2 Å². The first-order chi connectivity index (χ1) is 14.0. The van der Waals surface area contributed by atoms with E-state index in [1.807, 2.05) is 6.07 Å². The van der Waals surface area contributed by atoms with Crippen LogP contribution in [0.15, 0.2) is 36.0 Å². The van der Waals surface area contributed by atoms with Gasteiger partial charge in [-0.15, -0.1) is 0 Å². The van der Waals surface area contributed by atoms with Gasteiger partial charge >= 0.3 is 0 Å². The van der Waals surface area contributed by atoms with Gasteiger partial charge in [0.2, 0.25) is 11.8 Å². The van der Waals surface area contributed by atoms with Crippen LogP contribution >= 0.6 is 0 Å². The van der Waals surface area contributed by atoms with Crippen molar-refractivity contribution in [2.24, 2.45) is 15.9 Å². The zero-order valence-electron chi connectivity index (χ0n) is 15.5. The Morgan fingerprint density at radius 1 is 1.28 bits per heavy atom. The Morgan fingerprint density at radius 2 is 2.10 bits per heavy atom. The summed E-state index contributed by atoms with van der Waals surface area (Å²) in [5, 5.41) is 14.5. The highest BCUT2D eigenvalue weighted by Gasteiger charge is 2.73. The first-order valence-corrected chi connectivity index (χ1v) is 9.34. The highest BCUT2D eigenvalue weighted by Crippen LogP contribution is 2.74. The van der Waals surface area contributed by atoms with E-state index in [4.69, 9.17) is 10.00 Å². The summed E-state index contributed by atoms with van der Waals surface area (Å²) in [6.07, 6.45) is 10.00. The van der Waals surface area contributed by atoms with Gasteiger partial charge in [-0.2, -0.15) is 10.4 Å². The van der Waals surface area contributed by atoms with E-state index in [-0.39, 0.29) is 23.1 Å². The van der Waals surface area contributed by atoms with Gasteiger partial charge in [-0.25, -0.2) is 19.4 Å². The molecule has 1 amide bonds. The van der Waals surface area contributed by atoms with E-state index in [0.29, 0.717) is 24.5 Å². The number of nitrogens with zero attached hydrogens (tertiary/aromatic N) is 6.